The van der Waals surface area contributed by atoms with Crippen molar-refractivity contribution in [2.45, 2.75) is 37.1 Å². The van der Waals surface area contributed by atoms with Crippen LogP contribution in [0, 0.1) is 5.92 Å². The maximum Gasteiger partial charge on any atom is 0.471 e. The minimum absolute atomic E-state index is 0.00158. The second kappa shape index (κ2) is 4.36. The zero-order valence-corrected chi connectivity index (χ0v) is 10.2. The molecule has 3 atom stereocenters. The first-order chi connectivity index (χ1) is 8.71. The molecule has 2 rings (SSSR count). The van der Waals surface area contributed by atoms with E-state index < -0.39 is 29.7 Å². The molecule has 1 amide bonds. The smallest absolute Gasteiger partial charge is 0.471 e. The quantitative estimate of drug-likeness (QED) is 0.839. The van der Waals surface area contributed by atoms with Gasteiger partial charge in [0.1, 0.15) is 0 Å². The number of aliphatic carboxylic acids is 1. The molecule has 19 heavy (non-hydrogen) atoms. The monoisotopic (exact) mass is 281 g/mol. The van der Waals surface area contributed by atoms with Crippen LogP contribution in [0.4, 0.5) is 13.2 Å². The van der Waals surface area contributed by atoms with Gasteiger partial charge in [-0.05, 0) is 12.8 Å². The van der Waals surface area contributed by atoms with Gasteiger partial charge in [0.15, 0.2) is 0 Å². The Morgan fingerprint density at radius 2 is 2.11 bits per heavy atom. The van der Waals surface area contributed by atoms with Gasteiger partial charge >= 0.3 is 18.1 Å². The zero-order valence-electron chi connectivity index (χ0n) is 10.2. The molecule has 1 heterocycles. The highest BCUT2D eigenvalue weighted by molar-refractivity contribution is 5.82. The molecule has 1 saturated heterocycles. The van der Waals surface area contributed by atoms with Crippen molar-refractivity contribution in [2.24, 2.45) is 5.92 Å². The first kappa shape index (κ1) is 14.1. The van der Waals surface area contributed by atoms with Gasteiger partial charge in [0, 0.05) is 25.6 Å². The van der Waals surface area contributed by atoms with Gasteiger partial charge < -0.3 is 14.7 Å². The van der Waals surface area contributed by atoms with E-state index in [1.807, 2.05) is 0 Å². The number of hydrogen-bond acceptors (Lipinski definition) is 3. The van der Waals surface area contributed by atoms with Crippen molar-refractivity contribution in [3.8, 4) is 0 Å². The van der Waals surface area contributed by atoms with Crippen LogP contribution < -0.4 is 0 Å². The van der Waals surface area contributed by atoms with Crippen LogP contribution >= 0.6 is 0 Å². The van der Waals surface area contributed by atoms with Gasteiger partial charge in [0.2, 0.25) is 0 Å². The van der Waals surface area contributed by atoms with Crippen LogP contribution in [0.3, 0.4) is 0 Å². The standard InChI is InChI=1S/C11H14F3NO4/c1-19-10(5-8(16)17)4-7-6(10)2-3-15(7)9(18)11(12,13)14/h6-7H,2-5H2,1H3,(H,16,17)/t6-,7-,10+/m0/s1. The molecule has 0 aromatic rings. The van der Waals surface area contributed by atoms with Crippen molar-refractivity contribution in [1.29, 1.82) is 0 Å². The van der Waals surface area contributed by atoms with E-state index >= 15 is 0 Å². The molecule has 108 valence electrons. The number of likely N-dealkylation sites (tertiary alicyclic amines) is 1. The third-order valence-electron chi connectivity index (χ3n) is 4.14. The fourth-order valence-corrected chi connectivity index (χ4v) is 3.25. The Morgan fingerprint density at radius 3 is 2.58 bits per heavy atom. The largest absolute Gasteiger partial charge is 0.481 e. The Labute approximate surface area is 107 Å². The Morgan fingerprint density at radius 1 is 1.47 bits per heavy atom. The summed E-state index contributed by atoms with van der Waals surface area (Å²) in [7, 11) is 1.35. The predicted molar refractivity (Wildman–Crippen MR) is 56.3 cm³/mol. The fraction of sp³-hybridized carbons (Fsp3) is 0.818. The topological polar surface area (TPSA) is 66.8 Å². The molecule has 2 aliphatic rings. The number of rotatable bonds is 3. The lowest BCUT2D eigenvalue weighted by Crippen LogP contribution is -2.62. The Kier molecular flexibility index (Phi) is 3.24. The van der Waals surface area contributed by atoms with Crippen LogP contribution in [0.15, 0.2) is 0 Å². The highest BCUT2D eigenvalue weighted by atomic mass is 19.4. The van der Waals surface area contributed by atoms with E-state index in [0.717, 1.165) is 4.90 Å². The van der Waals surface area contributed by atoms with Crippen LogP contribution in [0.5, 0.6) is 0 Å². The number of fused-ring (bicyclic) bond motifs is 1. The molecule has 1 aliphatic carbocycles. The lowest BCUT2D eigenvalue weighted by molar-refractivity contribution is -0.199. The van der Waals surface area contributed by atoms with Gasteiger partial charge in [-0.15, -0.1) is 0 Å². The number of halogens is 3. The van der Waals surface area contributed by atoms with Crippen LogP contribution in [0.1, 0.15) is 19.3 Å². The van der Waals surface area contributed by atoms with E-state index in [9.17, 15) is 22.8 Å². The number of hydrogen-bond donors (Lipinski definition) is 1. The fourth-order valence-electron chi connectivity index (χ4n) is 3.25. The summed E-state index contributed by atoms with van der Waals surface area (Å²) in [4.78, 5) is 22.8. The first-order valence-electron chi connectivity index (χ1n) is 5.86. The second-order valence-corrected chi connectivity index (χ2v) is 5.00. The summed E-state index contributed by atoms with van der Waals surface area (Å²) in [6.45, 7) is -0.00158. The van der Waals surface area contributed by atoms with Crippen LogP contribution in [0.2, 0.25) is 0 Å². The van der Waals surface area contributed by atoms with E-state index in [4.69, 9.17) is 9.84 Å². The van der Waals surface area contributed by atoms with Crippen molar-refractivity contribution < 1.29 is 32.6 Å². The van der Waals surface area contributed by atoms with Gasteiger partial charge in [0.25, 0.3) is 0 Å². The summed E-state index contributed by atoms with van der Waals surface area (Å²) in [6, 6.07) is -0.562. The van der Waals surface area contributed by atoms with Crippen molar-refractivity contribution >= 4 is 11.9 Å². The molecule has 0 radical (unpaired) electrons. The highest BCUT2D eigenvalue weighted by Crippen LogP contribution is 2.52. The highest BCUT2D eigenvalue weighted by Gasteiger charge is 2.62. The molecule has 0 aromatic carbocycles. The molecule has 8 heteroatoms. The second-order valence-electron chi connectivity index (χ2n) is 5.00. The minimum atomic E-state index is -4.88. The molecule has 1 N–H and O–H groups in total. The van der Waals surface area contributed by atoms with Gasteiger partial charge in [-0.3, -0.25) is 9.59 Å². The number of carbonyl (C=O) groups is 2. The van der Waals surface area contributed by atoms with E-state index in [0.29, 0.717) is 6.42 Å². The van der Waals surface area contributed by atoms with Crippen LogP contribution in [-0.2, 0) is 14.3 Å². The Balaban J connectivity index is 2.09. The summed E-state index contributed by atoms with van der Waals surface area (Å²) in [6.07, 6.45) is -4.65. The van der Waals surface area contributed by atoms with Crippen LogP contribution in [-0.4, -0.2) is 53.4 Å². The molecule has 0 unspecified atom stereocenters. The molecule has 5 nitrogen and oxygen atoms in total. The zero-order chi connectivity index (χ0) is 14.4. The molecule has 2 fully saturated rings. The third kappa shape index (κ3) is 2.18. The maximum atomic E-state index is 12.4. The number of nitrogens with zero attached hydrogens (tertiary/aromatic N) is 1. The summed E-state index contributed by atoms with van der Waals surface area (Å²) in [5.74, 6) is -3.24. The number of carboxylic acids is 1. The summed E-state index contributed by atoms with van der Waals surface area (Å²) < 4.78 is 42.4. The van der Waals surface area contributed by atoms with Gasteiger partial charge in [-0.1, -0.05) is 0 Å². The SMILES string of the molecule is CO[C@@]1(CC(=O)O)C[C@H]2[C@@H]1CCN2C(=O)C(F)(F)F. The number of carboxylic acid groups (broad SMARTS) is 1. The van der Waals surface area contributed by atoms with Gasteiger partial charge in [-0.25, -0.2) is 0 Å². The summed E-state index contributed by atoms with van der Waals surface area (Å²) in [5, 5.41) is 8.83. The van der Waals surface area contributed by atoms with E-state index in [2.05, 4.69) is 0 Å². The molecular formula is C11H14F3NO4. The molecule has 1 aliphatic heterocycles. The lowest BCUT2D eigenvalue weighted by Gasteiger charge is -2.52. The van der Waals surface area contributed by atoms with Gasteiger partial charge in [0.05, 0.1) is 12.0 Å². The molecule has 1 saturated carbocycles. The molecule has 0 spiro atoms. The van der Waals surface area contributed by atoms with Crippen molar-refractivity contribution in [3.63, 3.8) is 0 Å². The van der Waals surface area contributed by atoms with E-state index in [1.54, 1.807) is 0 Å². The van der Waals surface area contributed by atoms with Crippen molar-refractivity contribution in [2.75, 3.05) is 13.7 Å². The Hall–Kier alpha value is -1.31. The van der Waals surface area contributed by atoms with E-state index in [-0.39, 0.29) is 25.3 Å². The Bertz CT molecular complexity index is 411. The predicted octanol–water partition coefficient (Wildman–Crippen LogP) is 1.03. The maximum absolute atomic E-state index is 12.4. The van der Waals surface area contributed by atoms with Gasteiger partial charge in [-0.2, -0.15) is 13.2 Å². The molecular weight excluding hydrogens is 267 g/mol. The molecule has 0 bridgehead atoms. The average molecular weight is 281 g/mol. The normalized spacial score (nSPS) is 33.8. The summed E-state index contributed by atoms with van der Waals surface area (Å²) >= 11 is 0. The number of amides is 1. The van der Waals surface area contributed by atoms with Crippen molar-refractivity contribution in [3.05, 3.63) is 0 Å². The third-order valence-corrected chi connectivity index (χ3v) is 4.14. The van der Waals surface area contributed by atoms with Crippen molar-refractivity contribution in [1.82, 2.24) is 4.90 Å². The van der Waals surface area contributed by atoms with E-state index in [1.165, 1.54) is 7.11 Å². The summed E-state index contributed by atoms with van der Waals surface area (Å²) in [5.41, 5.74) is -0.933. The average Bonchev–Trinajstić information content (AvgIpc) is 2.61. The number of carbonyl (C=O) groups excluding carboxylic acids is 1. The lowest BCUT2D eigenvalue weighted by atomic mass is 9.64. The minimum Gasteiger partial charge on any atom is -0.481 e. The molecule has 0 aromatic heterocycles. The number of alkyl halides is 3. The van der Waals surface area contributed by atoms with Crippen LogP contribution in [0.25, 0.3) is 0 Å². The number of methoxy groups -OCH3 is 1. The number of ether oxygens (including phenoxy) is 1. The first-order valence-corrected chi connectivity index (χ1v) is 5.86.